The molecule has 6 heteroatoms. The highest BCUT2D eigenvalue weighted by atomic mass is 16.6. The molecular formula is C55H92O6. The van der Waals surface area contributed by atoms with E-state index in [0.29, 0.717) is 19.3 Å². The molecule has 0 aromatic heterocycles. The first-order valence-electron chi connectivity index (χ1n) is 25.1. The molecule has 1 atom stereocenters. The monoisotopic (exact) mass is 849 g/mol. The lowest BCUT2D eigenvalue weighted by atomic mass is 10.1. The minimum absolute atomic E-state index is 0.108. The zero-order valence-electron chi connectivity index (χ0n) is 39.7. The lowest BCUT2D eigenvalue weighted by Gasteiger charge is -2.18. The molecule has 0 saturated carbocycles. The SMILES string of the molecule is CCCC/C=C\CCCCCCCC(=O)OC[C@@H](COC(=O)CCCCCCC/C=C\C/C=C\CCCCC)OC(=O)CCC/C=C\C/C=C\C/C=C\C/C=C\CCCCC. The van der Waals surface area contributed by atoms with Crippen molar-refractivity contribution in [3.63, 3.8) is 0 Å². The molecular weight excluding hydrogens is 757 g/mol. The molecule has 61 heavy (non-hydrogen) atoms. The average Bonchev–Trinajstić information content (AvgIpc) is 3.26. The molecule has 0 amide bonds. The third kappa shape index (κ3) is 47.5. The number of carbonyl (C=O) groups is 3. The molecule has 0 unspecified atom stereocenters. The van der Waals surface area contributed by atoms with Crippen molar-refractivity contribution in [3.8, 4) is 0 Å². The number of carbonyl (C=O) groups excluding carboxylic acids is 3. The van der Waals surface area contributed by atoms with Crippen molar-refractivity contribution in [1.29, 1.82) is 0 Å². The van der Waals surface area contributed by atoms with Gasteiger partial charge in [0.2, 0.25) is 0 Å². The van der Waals surface area contributed by atoms with Crippen LogP contribution < -0.4 is 0 Å². The summed E-state index contributed by atoms with van der Waals surface area (Å²) in [5.41, 5.74) is 0. The van der Waals surface area contributed by atoms with Crippen molar-refractivity contribution < 1.29 is 28.6 Å². The predicted molar refractivity (Wildman–Crippen MR) is 261 cm³/mol. The summed E-state index contributed by atoms with van der Waals surface area (Å²) in [6.07, 6.45) is 62.8. The summed E-state index contributed by atoms with van der Waals surface area (Å²) in [6, 6.07) is 0. The van der Waals surface area contributed by atoms with Gasteiger partial charge < -0.3 is 14.2 Å². The summed E-state index contributed by atoms with van der Waals surface area (Å²) in [7, 11) is 0. The summed E-state index contributed by atoms with van der Waals surface area (Å²) >= 11 is 0. The van der Waals surface area contributed by atoms with Crippen molar-refractivity contribution in [2.75, 3.05) is 13.2 Å². The van der Waals surface area contributed by atoms with Crippen LogP contribution in [0.5, 0.6) is 0 Å². The Labute approximate surface area is 375 Å². The van der Waals surface area contributed by atoms with Gasteiger partial charge in [-0.2, -0.15) is 0 Å². The Hall–Kier alpha value is -3.41. The van der Waals surface area contributed by atoms with Gasteiger partial charge in [-0.15, -0.1) is 0 Å². The van der Waals surface area contributed by atoms with Crippen molar-refractivity contribution >= 4 is 17.9 Å². The molecule has 6 nitrogen and oxygen atoms in total. The van der Waals surface area contributed by atoms with Crippen LogP contribution in [0.3, 0.4) is 0 Å². The standard InChI is InChI=1S/C55H92O6/c1-4-7-10-13-16-19-22-24-26-27-29-31-34-37-40-43-46-49-55(58)61-52(50-59-53(56)47-44-41-38-35-32-21-18-15-12-9-6-3)51-60-54(57)48-45-42-39-36-33-30-28-25-23-20-17-14-11-8-5-2/h15-20,24-26,28-29,31,37,40,52H,4-14,21-23,27,30,32-36,38-39,41-51H2,1-3H3/b18-15-,19-16-,20-17-,26-24-,28-25-,31-29-,40-37-/t52-/m0/s1. The van der Waals surface area contributed by atoms with Crippen LogP contribution in [0.15, 0.2) is 85.1 Å². The first-order valence-corrected chi connectivity index (χ1v) is 25.1. The van der Waals surface area contributed by atoms with Crippen molar-refractivity contribution in [1.82, 2.24) is 0 Å². The van der Waals surface area contributed by atoms with Crippen LogP contribution in [-0.2, 0) is 28.6 Å². The van der Waals surface area contributed by atoms with Crippen LogP contribution in [-0.4, -0.2) is 37.2 Å². The Morgan fingerprint density at radius 1 is 0.328 bits per heavy atom. The highest BCUT2D eigenvalue weighted by Crippen LogP contribution is 2.12. The van der Waals surface area contributed by atoms with Gasteiger partial charge in [-0.3, -0.25) is 14.4 Å². The molecule has 0 rings (SSSR count). The van der Waals surface area contributed by atoms with E-state index in [0.717, 1.165) is 103 Å². The van der Waals surface area contributed by atoms with Gasteiger partial charge in [0.05, 0.1) is 0 Å². The normalized spacial score (nSPS) is 12.8. The zero-order valence-corrected chi connectivity index (χ0v) is 39.7. The van der Waals surface area contributed by atoms with E-state index in [4.69, 9.17) is 14.2 Å². The van der Waals surface area contributed by atoms with Crippen molar-refractivity contribution in [3.05, 3.63) is 85.1 Å². The van der Waals surface area contributed by atoms with Gasteiger partial charge in [0.25, 0.3) is 0 Å². The van der Waals surface area contributed by atoms with Gasteiger partial charge in [0.1, 0.15) is 13.2 Å². The lowest BCUT2D eigenvalue weighted by Crippen LogP contribution is -2.30. The maximum absolute atomic E-state index is 12.8. The van der Waals surface area contributed by atoms with E-state index in [9.17, 15) is 14.4 Å². The number of hydrogen-bond donors (Lipinski definition) is 0. The quantitative estimate of drug-likeness (QED) is 0.0263. The number of esters is 3. The van der Waals surface area contributed by atoms with Gasteiger partial charge in [0.15, 0.2) is 6.10 Å². The van der Waals surface area contributed by atoms with Crippen molar-refractivity contribution in [2.24, 2.45) is 0 Å². The summed E-state index contributed by atoms with van der Waals surface area (Å²) < 4.78 is 16.7. The maximum atomic E-state index is 12.8. The van der Waals surface area contributed by atoms with Crippen LogP contribution in [0.2, 0.25) is 0 Å². The fourth-order valence-corrected chi connectivity index (χ4v) is 6.50. The predicted octanol–water partition coefficient (Wildman–Crippen LogP) is 16.4. The van der Waals surface area contributed by atoms with E-state index in [1.807, 2.05) is 0 Å². The van der Waals surface area contributed by atoms with Gasteiger partial charge in [-0.1, -0.05) is 183 Å². The highest BCUT2D eigenvalue weighted by molar-refractivity contribution is 5.71. The van der Waals surface area contributed by atoms with E-state index in [1.165, 1.54) is 77.0 Å². The van der Waals surface area contributed by atoms with E-state index in [1.54, 1.807) is 0 Å². The second-order valence-corrected chi connectivity index (χ2v) is 16.4. The maximum Gasteiger partial charge on any atom is 0.306 e. The first kappa shape index (κ1) is 57.6. The van der Waals surface area contributed by atoms with Gasteiger partial charge in [0, 0.05) is 19.3 Å². The van der Waals surface area contributed by atoms with Gasteiger partial charge >= 0.3 is 17.9 Å². The largest absolute Gasteiger partial charge is 0.462 e. The number of unbranched alkanes of at least 4 members (excludes halogenated alkanes) is 19. The highest BCUT2D eigenvalue weighted by Gasteiger charge is 2.19. The first-order chi connectivity index (χ1) is 30.0. The van der Waals surface area contributed by atoms with Crippen LogP contribution in [0.4, 0.5) is 0 Å². The molecule has 0 fully saturated rings. The molecule has 0 aliphatic carbocycles. The lowest BCUT2D eigenvalue weighted by molar-refractivity contribution is -0.167. The third-order valence-corrected chi connectivity index (χ3v) is 10.3. The summed E-state index contributed by atoms with van der Waals surface area (Å²) in [5.74, 6) is -0.992. The molecule has 0 spiro atoms. The number of rotatable bonds is 44. The molecule has 0 aliphatic rings. The van der Waals surface area contributed by atoms with Crippen LogP contribution in [0.1, 0.15) is 226 Å². The molecule has 0 aromatic rings. The number of allylic oxidation sites excluding steroid dienone is 14. The fraction of sp³-hybridized carbons (Fsp3) is 0.691. The molecule has 0 saturated heterocycles. The summed E-state index contributed by atoms with van der Waals surface area (Å²) in [6.45, 7) is 6.47. The Balaban J connectivity index is 4.51. The van der Waals surface area contributed by atoms with E-state index in [-0.39, 0.29) is 37.5 Å². The Kier molecular flexibility index (Phi) is 46.5. The fourth-order valence-electron chi connectivity index (χ4n) is 6.50. The Morgan fingerprint density at radius 3 is 1.03 bits per heavy atom. The number of hydrogen-bond acceptors (Lipinski definition) is 6. The second kappa shape index (κ2) is 49.2. The minimum Gasteiger partial charge on any atom is -0.462 e. The average molecular weight is 849 g/mol. The molecule has 0 radical (unpaired) electrons. The van der Waals surface area contributed by atoms with Gasteiger partial charge in [-0.25, -0.2) is 0 Å². The molecule has 0 bridgehead atoms. The Bertz CT molecular complexity index is 1200. The van der Waals surface area contributed by atoms with Gasteiger partial charge in [-0.05, 0) is 109 Å². The summed E-state index contributed by atoms with van der Waals surface area (Å²) in [4.78, 5) is 37.9. The molecule has 0 heterocycles. The topological polar surface area (TPSA) is 78.9 Å². The van der Waals surface area contributed by atoms with Crippen molar-refractivity contribution in [2.45, 2.75) is 232 Å². The molecule has 0 aliphatic heterocycles. The zero-order chi connectivity index (χ0) is 44.4. The van der Waals surface area contributed by atoms with Crippen LogP contribution in [0.25, 0.3) is 0 Å². The second-order valence-electron chi connectivity index (χ2n) is 16.4. The van der Waals surface area contributed by atoms with E-state index < -0.39 is 6.10 Å². The summed E-state index contributed by atoms with van der Waals surface area (Å²) in [5, 5.41) is 0. The number of ether oxygens (including phenoxy) is 3. The van der Waals surface area contributed by atoms with Crippen LogP contribution in [0, 0.1) is 0 Å². The molecule has 348 valence electrons. The van der Waals surface area contributed by atoms with Crippen LogP contribution >= 0.6 is 0 Å². The Morgan fingerprint density at radius 2 is 0.623 bits per heavy atom. The molecule has 0 aromatic carbocycles. The van der Waals surface area contributed by atoms with E-state index in [2.05, 4.69) is 106 Å². The third-order valence-electron chi connectivity index (χ3n) is 10.3. The molecule has 0 N–H and O–H groups in total. The van der Waals surface area contributed by atoms with E-state index >= 15 is 0 Å². The smallest absolute Gasteiger partial charge is 0.306 e. The minimum atomic E-state index is -0.813.